The van der Waals surface area contributed by atoms with Gasteiger partial charge in [0.25, 0.3) is 0 Å². The monoisotopic (exact) mass is 893 g/mol. The van der Waals surface area contributed by atoms with E-state index in [-0.39, 0.29) is 54.6 Å². The van der Waals surface area contributed by atoms with Crippen LogP contribution in [-0.4, -0.2) is 84.0 Å². The van der Waals surface area contributed by atoms with Gasteiger partial charge in [-0.1, -0.05) is 102 Å². The zero-order valence-electron chi connectivity index (χ0n) is 39.8. The molecule has 2 aromatic carbocycles. The molecule has 7 rings (SSSR count). The van der Waals surface area contributed by atoms with Gasteiger partial charge < -0.3 is 30.8 Å². The number of unbranched alkanes of at least 4 members (excludes halogenated alkanes) is 2. The van der Waals surface area contributed by atoms with Gasteiger partial charge in [0.1, 0.15) is 6.04 Å². The number of aryl methyl sites for hydroxylation is 1. The first-order valence-electron chi connectivity index (χ1n) is 24.3. The van der Waals surface area contributed by atoms with Crippen molar-refractivity contribution < 1.29 is 38.4 Å². The smallest absolute Gasteiger partial charge is 0.405 e. The van der Waals surface area contributed by atoms with E-state index < -0.39 is 60.3 Å². The summed E-state index contributed by atoms with van der Waals surface area (Å²) >= 11 is 0. The van der Waals surface area contributed by atoms with Crippen LogP contribution in [0, 0.1) is 29.1 Å². The molecule has 5 N–H and O–H groups in total. The lowest BCUT2D eigenvalue weighted by Gasteiger charge is -2.64. The van der Waals surface area contributed by atoms with E-state index in [0.717, 1.165) is 43.2 Å². The maximum Gasteiger partial charge on any atom is 0.461 e. The van der Waals surface area contributed by atoms with Crippen molar-refractivity contribution in [2.45, 2.75) is 168 Å². The third-order valence-electron chi connectivity index (χ3n) is 15.0. The SMILES string of the molecule is CCCCc1ccc(-c2ccc(C(=O)C[C@@H](CCCCN)C(=O)N[C@H](C(=O)C[C@@H](C)C(=O)N[C@@H](CC3=CCC=N3)C(=O)C[C@@H](C)B3OC4C[C@@H]5C[C@@H](C5(C)C)[C@]4(C)O3)[C@@H](C)O)cc2)cc1. The second-order valence-electron chi connectivity index (χ2n) is 20.3. The maximum absolute atomic E-state index is 14.0. The van der Waals surface area contributed by atoms with E-state index in [2.05, 4.69) is 67.6 Å². The molecule has 12 nitrogen and oxygen atoms in total. The minimum atomic E-state index is -1.32. The van der Waals surface area contributed by atoms with Crippen LogP contribution in [0.2, 0.25) is 5.82 Å². The molecule has 1 unspecified atom stereocenters. The molecule has 2 heterocycles. The molecule has 352 valence electrons. The fourth-order valence-electron chi connectivity index (χ4n) is 10.6. The van der Waals surface area contributed by atoms with Crippen LogP contribution in [0.1, 0.15) is 141 Å². The number of nitrogens with one attached hydrogen (secondary N) is 2. The minimum Gasteiger partial charge on any atom is -0.405 e. The summed E-state index contributed by atoms with van der Waals surface area (Å²) in [4.78, 5) is 73.5. The maximum atomic E-state index is 14.0. The van der Waals surface area contributed by atoms with E-state index in [1.165, 1.54) is 12.5 Å². The number of nitrogens with two attached hydrogens (primary N) is 1. The molecule has 1 saturated heterocycles. The number of Topliss-reactive ketones (excluding diaryl/α,β-unsaturated/α-hetero) is 3. The van der Waals surface area contributed by atoms with Gasteiger partial charge in [0.15, 0.2) is 17.3 Å². The van der Waals surface area contributed by atoms with Crippen molar-refractivity contribution >= 4 is 42.5 Å². The molecule has 65 heavy (non-hydrogen) atoms. The second-order valence-corrected chi connectivity index (χ2v) is 20.3. The number of aliphatic hydroxyl groups is 1. The number of rotatable bonds is 25. The van der Waals surface area contributed by atoms with Gasteiger partial charge in [-0.25, -0.2) is 0 Å². The van der Waals surface area contributed by atoms with Crippen molar-refractivity contribution in [3.05, 3.63) is 71.4 Å². The van der Waals surface area contributed by atoms with Crippen LogP contribution < -0.4 is 16.4 Å². The molecule has 4 fully saturated rings. The van der Waals surface area contributed by atoms with E-state index in [9.17, 15) is 29.1 Å². The molecule has 0 aromatic heterocycles. The highest BCUT2D eigenvalue weighted by Gasteiger charge is 2.68. The second kappa shape index (κ2) is 22.0. The Balaban J connectivity index is 1.05. The van der Waals surface area contributed by atoms with E-state index in [4.69, 9.17) is 15.0 Å². The first-order valence-corrected chi connectivity index (χ1v) is 24.3. The number of amides is 2. The summed E-state index contributed by atoms with van der Waals surface area (Å²) in [5.41, 5.74) is 10.0. The average molecular weight is 893 g/mol. The molecule has 10 atom stereocenters. The lowest BCUT2D eigenvalue weighted by Crippen LogP contribution is -2.65. The number of hydrogen-bond acceptors (Lipinski definition) is 10. The Hall–Kier alpha value is -4.30. The third kappa shape index (κ3) is 12.0. The molecule has 5 aliphatic rings. The highest BCUT2D eigenvalue weighted by atomic mass is 16.7. The number of aliphatic hydroxyl groups excluding tert-OH is 1. The van der Waals surface area contributed by atoms with Crippen molar-refractivity contribution in [1.29, 1.82) is 0 Å². The Morgan fingerprint density at radius 1 is 0.877 bits per heavy atom. The molecule has 13 heteroatoms. The number of hydrogen-bond donors (Lipinski definition) is 4. The van der Waals surface area contributed by atoms with Gasteiger partial charge in [-0.05, 0) is 98.7 Å². The molecular weight excluding hydrogens is 819 g/mol. The van der Waals surface area contributed by atoms with E-state index in [1.54, 1.807) is 25.3 Å². The number of ketones is 3. The molecule has 2 bridgehead atoms. The largest absolute Gasteiger partial charge is 0.461 e. The highest BCUT2D eigenvalue weighted by Crippen LogP contribution is 2.66. The van der Waals surface area contributed by atoms with Crippen LogP contribution in [0.5, 0.6) is 0 Å². The molecule has 3 aliphatic carbocycles. The van der Waals surface area contributed by atoms with Crippen LogP contribution >= 0.6 is 0 Å². The summed E-state index contributed by atoms with van der Waals surface area (Å²) in [6.07, 6.45) is 9.97. The van der Waals surface area contributed by atoms with Crippen LogP contribution in [-0.2, 0) is 34.9 Å². The highest BCUT2D eigenvalue weighted by molar-refractivity contribution is 6.47. The summed E-state index contributed by atoms with van der Waals surface area (Å²) in [5.74, 6) is -2.90. The predicted octanol–water partition coefficient (Wildman–Crippen LogP) is 7.79. The lowest BCUT2D eigenvalue weighted by molar-refractivity contribution is -0.199. The van der Waals surface area contributed by atoms with Crippen LogP contribution in [0.3, 0.4) is 0 Å². The van der Waals surface area contributed by atoms with Crippen molar-refractivity contribution in [3.8, 4) is 11.1 Å². The van der Waals surface area contributed by atoms with Crippen molar-refractivity contribution in [2.24, 2.45) is 39.8 Å². The Morgan fingerprint density at radius 2 is 1.57 bits per heavy atom. The molecule has 3 saturated carbocycles. The lowest BCUT2D eigenvalue weighted by atomic mass is 9.43. The van der Waals surface area contributed by atoms with E-state index in [1.807, 2.05) is 25.1 Å². The molecule has 0 spiro atoms. The standard InChI is InChI=1S/C52H73BN4O8/c1-8-9-13-35-16-18-36(19-17-35)37-20-22-38(23-21-37)43(59)28-39(14-10-11-24-54)50(63)57-48(34(4)58)45(61)26-32(2)49(62)56-42(31-41-15-12-25-55-41)44(60)27-33(3)53-64-47-30-40-29-46(51(40,5)6)52(47,7)65-53/h15-23,25,32-34,39-40,42,46-48,58H,8-14,24,26-31,54H2,1-7H3,(H,56,62)(H,57,63)/t32-,33-,34-,39-,40+,42+,46+,47?,48+,52+/m1/s1. The number of carbonyl (C=O) groups excluding carboxylic acids is 5. The first-order chi connectivity index (χ1) is 30.9. The fraction of sp³-hybridized carbons (Fsp3) is 0.615. The fourth-order valence-corrected chi connectivity index (χ4v) is 10.6. The van der Waals surface area contributed by atoms with E-state index in [0.29, 0.717) is 55.3 Å². The molecule has 2 aliphatic heterocycles. The Morgan fingerprint density at radius 3 is 2.18 bits per heavy atom. The Bertz CT molecular complexity index is 2070. The van der Waals surface area contributed by atoms with Crippen molar-refractivity contribution in [1.82, 2.24) is 10.6 Å². The number of allylic oxidation sites excluding steroid dienone is 1. The van der Waals surface area contributed by atoms with Gasteiger partial charge >= 0.3 is 7.12 Å². The number of aliphatic imine (C=N–C) groups is 1. The Labute approximate surface area is 386 Å². The summed E-state index contributed by atoms with van der Waals surface area (Å²) in [6, 6.07) is 13.6. The molecular formula is C52H73BN4O8. The quantitative estimate of drug-likeness (QED) is 0.0439. The number of benzene rings is 2. The minimum absolute atomic E-state index is 0.0130. The zero-order chi connectivity index (χ0) is 47.1. The summed E-state index contributed by atoms with van der Waals surface area (Å²) in [7, 11) is -0.540. The van der Waals surface area contributed by atoms with Gasteiger partial charge in [-0.2, -0.15) is 0 Å². The van der Waals surface area contributed by atoms with Gasteiger partial charge in [0.2, 0.25) is 11.8 Å². The van der Waals surface area contributed by atoms with Gasteiger partial charge in [-0.15, -0.1) is 0 Å². The van der Waals surface area contributed by atoms with Gasteiger partial charge in [-0.3, -0.25) is 29.0 Å². The summed E-state index contributed by atoms with van der Waals surface area (Å²) in [5, 5.41) is 16.4. The third-order valence-corrected chi connectivity index (χ3v) is 15.0. The number of nitrogens with zero attached hydrogens (tertiary/aromatic N) is 1. The van der Waals surface area contributed by atoms with E-state index >= 15 is 0 Å². The Kier molecular flexibility index (Phi) is 17.0. The molecule has 2 amide bonds. The molecule has 2 aromatic rings. The molecule has 0 radical (unpaired) electrons. The summed E-state index contributed by atoms with van der Waals surface area (Å²) < 4.78 is 13.1. The van der Waals surface area contributed by atoms with Gasteiger partial charge in [0.05, 0.1) is 23.9 Å². The normalized spacial score (nSPS) is 24.4. The first kappa shape index (κ1) is 50.1. The van der Waals surface area contributed by atoms with Crippen molar-refractivity contribution in [3.63, 3.8) is 0 Å². The van der Waals surface area contributed by atoms with Crippen LogP contribution in [0.15, 0.2) is 65.3 Å². The average Bonchev–Trinajstić information content (AvgIpc) is 3.94. The zero-order valence-corrected chi connectivity index (χ0v) is 39.8. The van der Waals surface area contributed by atoms with Gasteiger partial charge in [0, 0.05) is 61.4 Å². The number of carbonyl (C=O) groups is 5. The summed E-state index contributed by atoms with van der Waals surface area (Å²) in [6.45, 7) is 14.3. The topological polar surface area (TPSA) is 186 Å². The van der Waals surface area contributed by atoms with Crippen LogP contribution in [0.25, 0.3) is 11.1 Å². The van der Waals surface area contributed by atoms with Crippen LogP contribution in [0.4, 0.5) is 0 Å². The van der Waals surface area contributed by atoms with Crippen molar-refractivity contribution in [2.75, 3.05) is 6.54 Å². The predicted molar refractivity (Wildman–Crippen MR) is 255 cm³/mol.